The molecule has 2 atom stereocenters. The summed E-state index contributed by atoms with van der Waals surface area (Å²) in [6, 6.07) is 9.28. The molecule has 4 heterocycles. The highest BCUT2D eigenvalue weighted by Gasteiger charge is 2.43. The Labute approximate surface area is 162 Å². The van der Waals surface area contributed by atoms with Crippen LogP contribution in [0.5, 0.6) is 0 Å². The lowest BCUT2D eigenvalue weighted by Crippen LogP contribution is -2.46. The molecule has 0 spiro atoms. The van der Waals surface area contributed by atoms with Crippen molar-refractivity contribution in [2.24, 2.45) is 0 Å². The van der Waals surface area contributed by atoms with Gasteiger partial charge in [0.15, 0.2) is 0 Å². The van der Waals surface area contributed by atoms with Gasteiger partial charge < -0.3 is 9.64 Å². The predicted octanol–water partition coefficient (Wildman–Crippen LogP) is 2.53. The van der Waals surface area contributed by atoms with Crippen molar-refractivity contribution in [3.63, 3.8) is 0 Å². The van der Waals surface area contributed by atoms with Crippen LogP contribution in [-0.4, -0.2) is 51.9 Å². The smallest absolute Gasteiger partial charge is 0.278 e. The van der Waals surface area contributed by atoms with E-state index in [9.17, 15) is 9.59 Å². The second-order valence-corrected chi connectivity index (χ2v) is 7.83. The third kappa shape index (κ3) is 3.40. The van der Waals surface area contributed by atoms with Crippen LogP contribution in [0.25, 0.3) is 5.57 Å². The maximum absolute atomic E-state index is 13.3. The van der Waals surface area contributed by atoms with E-state index in [4.69, 9.17) is 4.74 Å². The number of rotatable bonds is 4. The minimum Gasteiger partial charge on any atom is -0.372 e. The third-order valence-electron chi connectivity index (χ3n) is 4.69. The van der Waals surface area contributed by atoms with Gasteiger partial charge in [-0.1, -0.05) is 12.1 Å². The van der Waals surface area contributed by atoms with Crippen LogP contribution in [0.15, 0.2) is 47.6 Å². The lowest BCUT2D eigenvalue weighted by molar-refractivity contribution is -0.139. The Morgan fingerprint density at radius 1 is 1.11 bits per heavy atom. The van der Waals surface area contributed by atoms with Gasteiger partial charge in [0, 0.05) is 24.2 Å². The molecule has 0 aromatic carbocycles. The normalized spacial score (nSPS) is 23.5. The van der Waals surface area contributed by atoms with Crippen molar-refractivity contribution < 1.29 is 14.3 Å². The first-order valence-electron chi connectivity index (χ1n) is 8.99. The zero-order chi connectivity index (χ0) is 19.0. The van der Waals surface area contributed by atoms with E-state index in [0.29, 0.717) is 30.1 Å². The molecule has 0 N–H and O–H groups in total. The zero-order valence-electron chi connectivity index (χ0n) is 15.3. The van der Waals surface area contributed by atoms with Crippen LogP contribution in [0.4, 0.5) is 0 Å². The molecule has 2 aliphatic rings. The first kappa shape index (κ1) is 17.9. The molecule has 7 heteroatoms. The Kier molecular flexibility index (Phi) is 4.80. The summed E-state index contributed by atoms with van der Waals surface area (Å²) in [7, 11) is 0. The summed E-state index contributed by atoms with van der Waals surface area (Å²) in [6.07, 6.45) is 1.66. The molecule has 2 aromatic heterocycles. The molecule has 2 aromatic rings. The first-order chi connectivity index (χ1) is 13.0. The molecule has 1 fully saturated rings. The minimum absolute atomic E-state index is 0.00132. The van der Waals surface area contributed by atoms with Crippen molar-refractivity contribution in [1.29, 1.82) is 0 Å². The fourth-order valence-corrected chi connectivity index (χ4v) is 4.42. The standard InChI is InChI=1S/C20H21N3O3S/c1-13-10-22(11-14(2)26-13)18-17(16-7-5-9-27-16)19(24)23(20(18)25)12-15-6-3-4-8-21-15/h3-9,13-14H,10-12H2,1-2H3. The largest absolute Gasteiger partial charge is 0.372 e. The number of hydrogen-bond donors (Lipinski definition) is 0. The average molecular weight is 383 g/mol. The quantitative estimate of drug-likeness (QED) is 0.760. The van der Waals surface area contributed by atoms with Gasteiger partial charge in [0.25, 0.3) is 11.8 Å². The number of hydrogen-bond acceptors (Lipinski definition) is 6. The number of carbonyl (C=O) groups excluding carboxylic acids is 2. The van der Waals surface area contributed by atoms with Gasteiger partial charge in [0.05, 0.1) is 30.0 Å². The number of ether oxygens (including phenoxy) is 1. The van der Waals surface area contributed by atoms with Gasteiger partial charge in [-0.15, -0.1) is 11.3 Å². The molecule has 6 nitrogen and oxygen atoms in total. The highest BCUT2D eigenvalue weighted by molar-refractivity contribution is 7.11. The Morgan fingerprint density at radius 3 is 2.52 bits per heavy atom. The zero-order valence-corrected chi connectivity index (χ0v) is 16.1. The Bertz CT molecular complexity index is 869. The lowest BCUT2D eigenvalue weighted by atomic mass is 10.1. The summed E-state index contributed by atoms with van der Waals surface area (Å²) >= 11 is 1.47. The van der Waals surface area contributed by atoms with Crippen molar-refractivity contribution in [3.8, 4) is 0 Å². The van der Waals surface area contributed by atoms with Gasteiger partial charge >= 0.3 is 0 Å². The Hall–Kier alpha value is -2.51. The Balaban J connectivity index is 1.72. The summed E-state index contributed by atoms with van der Waals surface area (Å²) in [4.78, 5) is 34.9. The van der Waals surface area contributed by atoms with Crippen LogP contribution >= 0.6 is 11.3 Å². The lowest BCUT2D eigenvalue weighted by Gasteiger charge is -2.37. The number of imide groups is 1. The van der Waals surface area contributed by atoms with Crippen molar-refractivity contribution in [1.82, 2.24) is 14.8 Å². The second-order valence-electron chi connectivity index (χ2n) is 6.88. The highest BCUT2D eigenvalue weighted by Crippen LogP contribution is 2.35. The summed E-state index contributed by atoms with van der Waals surface area (Å²) in [5, 5.41) is 1.92. The monoisotopic (exact) mass is 383 g/mol. The molecule has 140 valence electrons. The van der Waals surface area contributed by atoms with Gasteiger partial charge in [0.1, 0.15) is 5.70 Å². The van der Waals surface area contributed by atoms with Gasteiger partial charge in [-0.05, 0) is 37.4 Å². The van der Waals surface area contributed by atoms with Gasteiger partial charge in [-0.2, -0.15) is 0 Å². The van der Waals surface area contributed by atoms with E-state index in [1.54, 1.807) is 6.20 Å². The maximum atomic E-state index is 13.3. The minimum atomic E-state index is -0.255. The number of thiophene rings is 1. The molecule has 0 radical (unpaired) electrons. The molecule has 0 saturated carbocycles. The molecule has 2 aliphatic heterocycles. The molecular weight excluding hydrogens is 362 g/mol. The average Bonchev–Trinajstić information content (AvgIpc) is 3.24. The van der Waals surface area contributed by atoms with E-state index in [0.717, 1.165) is 4.88 Å². The van der Waals surface area contributed by atoms with E-state index < -0.39 is 0 Å². The Morgan fingerprint density at radius 2 is 1.89 bits per heavy atom. The fourth-order valence-electron chi connectivity index (χ4n) is 3.66. The van der Waals surface area contributed by atoms with E-state index in [2.05, 4.69) is 4.98 Å². The summed E-state index contributed by atoms with van der Waals surface area (Å²) < 4.78 is 5.80. The number of morpholine rings is 1. The van der Waals surface area contributed by atoms with Gasteiger partial charge in [-0.3, -0.25) is 19.5 Å². The molecule has 0 aliphatic carbocycles. The van der Waals surface area contributed by atoms with Gasteiger partial charge in [0.2, 0.25) is 0 Å². The van der Waals surface area contributed by atoms with Crippen LogP contribution in [-0.2, 0) is 20.9 Å². The molecular formula is C20H21N3O3S. The second kappa shape index (κ2) is 7.25. The summed E-state index contributed by atoms with van der Waals surface area (Å²) in [6.45, 7) is 5.32. The number of nitrogens with zero attached hydrogens (tertiary/aromatic N) is 3. The van der Waals surface area contributed by atoms with Crippen LogP contribution < -0.4 is 0 Å². The topological polar surface area (TPSA) is 62.7 Å². The van der Waals surface area contributed by atoms with Gasteiger partial charge in [-0.25, -0.2) is 0 Å². The molecule has 27 heavy (non-hydrogen) atoms. The summed E-state index contributed by atoms with van der Waals surface area (Å²) in [5.41, 5.74) is 1.67. The van der Waals surface area contributed by atoms with E-state index >= 15 is 0 Å². The van der Waals surface area contributed by atoms with E-state index in [-0.39, 0.29) is 30.6 Å². The SMILES string of the molecule is CC1CN(C2=C(c3cccs3)C(=O)N(Cc3ccccn3)C2=O)CC(C)O1. The summed E-state index contributed by atoms with van der Waals surface area (Å²) in [5.74, 6) is -0.509. The molecule has 0 bridgehead atoms. The number of pyridine rings is 1. The number of amides is 2. The molecule has 2 unspecified atom stereocenters. The maximum Gasteiger partial charge on any atom is 0.278 e. The first-order valence-corrected chi connectivity index (χ1v) is 9.87. The van der Waals surface area contributed by atoms with E-state index in [1.165, 1.54) is 16.2 Å². The van der Waals surface area contributed by atoms with Crippen molar-refractivity contribution >= 4 is 28.7 Å². The third-order valence-corrected chi connectivity index (χ3v) is 5.58. The molecule has 2 amide bonds. The highest BCUT2D eigenvalue weighted by atomic mass is 32.1. The van der Waals surface area contributed by atoms with Crippen LogP contribution in [0.1, 0.15) is 24.4 Å². The van der Waals surface area contributed by atoms with Crippen molar-refractivity contribution in [2.45, 2.75) is 32.6 Å². The van der Waals surface area contributed by atoms with Crippen LogP contribution in [0, 0.1) is 0 Å². The number of carbonyl (C=O) groups is 2. The number of aromatic nitrogens is 1. The van der Waals surface area contributed by atoms with Crippen LogP contribution in [0.2, 0.25) is 0 Å². The molecule has 1 saturated heterocycles. The van der Waals surface area contributed by atoms with E-state index in [1.807, 2.05) is 54.5 Å². The fraction of sp³-hybridized carbons (Fsp3) is 0.350. The molecule has 4 rings (SSSR count). The predicted molar refractivity (Wildman–Crippen MR) is 103 cm³/mol. The van der Waals surface area contributed by atoms with Crippen molar-refractivity contribution in [2.75, 3.05) is 13.1 Å². The van der Waals surface area contributed by atoms with Crippen molar-refractivity contribution in [3.05, 3.63) is 58.2 Å². The van der Waals surface area contributed by atoms with Crippen LogP contribution in [0.3, 0.4) is 0 Å².